The van der Waals surface area contributed by atoms with Crippen LogP contribution in [0.25, 0.3) is 0 Å². The number of carbonyl (C=O) groups is 4. The molecule has 0 bridgehead atoms. The van der Waals surface area contributed by atoms with Gasteiger partial charge in [0.05, 0.1) is 0 Å². The van der Waals surface area contributed by atoms with E-state index in [9.17, 15) is 19.2 Å². The largest absolute Gasteiger partial charge is 0.326 e. The molecule has 3 rings (SSSR count). The van der Waals surface area contributed by atoms with Gasteiger partial charge >= 0.3 is 6.03 Å². The summed E-state index contributed by atoms with van der Waals surface area (Å²) in [5, 5.41) is 8.03. The van der Waals surface area contributed by atoms with Crippen molar-refractivity contribution in [2.24, 2.45) is 0 Å². The Morgan fingerprint density at radius 1 is 1.00 bits per heavy atom. The topological polar surface area (TPSA) is 108 Å². The van der Waals surface area contributed by atoms with E-state index in [0.29, 0.717) is 24.3 Å². The number of nitrogens with one attached hydrogen (secondary N) is 3. The highest BCUT2D eigenvalue weighted by Crippen LogP contribution is 2.17. The van der Waals surface area contributed by atoms with Crippen LogP contribution in [-0.2, 0) is 20.8 Å². The number of imide groups is 1. The van der Waals surface area contributed by atoms with Gasteiger partial charge in [-0.15, -0.1) is 0 Å². The van der Waals surface area contributed by atoms with Crippen LogP contribution in [0, 0.1) is 0 Å². The van der Waals surface area contributed by atoms with Crippen LogP contribution in [0.3, 0.4) is 0 Å². The summed E-state index contributed by atoms with van der Waals surface area (Å²) in [6, 6.07) is 15.3. The fraction of sp³-hybridized carbons (Fsp3) is 0.273. The minimum Gasteiger partial charge on any atom is -0.326 e. The zero-order valence-electron chi connectivity index (χ0n) is 16.7. The van der Waals surface area contributed by atoms with Crippen molar-refractivity contribution in [3.05, 3.63) is 60.2 Å². The lowest BCUT2D eigenvalue weighted by molar-refractivity contribution is -0.127. The molecule has 8 heteroatoms. The number of hydrogen-bond acceptors (Lipinski definition) is 4. The Kier molecular flexibility index (Phi) is 6.79. The highest BCUT2D eigenvalue weighted by Gasteiger charge is 2.37. The summed E-state index contributed by atoms with van der Waals surface area (Å²) < 4.78 is 0. The smallest absolute Gasteiger partial charge is 0.324 e. The molecular weight excluding hydrogens is 384 g/mol. The van der Waals surface area contributed by atoms with Crippen LogP contribution < -0.4 is 16.0 Å². The Morgan fingerprint density at radius 3 is 2.40 bits per heavy atom. The fourth-order valence-electron chi connectivity index (χ4n) is 3.25. The lowest BCUT2D eigenvalue weighted by Gasteiger charge is -2.13. The van der Waals surface area contributed by atoms with E-state index in [1.807, 2.05) is 30.3 Å². The van der Waals surface area contributed by atoms with Gasteiger partial charge in [-0.3, -0.25) is 19.3 Å². The molecule has 0 radical (unpaired) electrons. The standard InChI is InChI=1S/C22H24N4O4/c1-15(27)23-17-8-5-9-18(14-17)24-20(28)11-10-19-21(29)26(22(30)25-19)13-12-16-6-3-2-4-7-16/h2-9,14,19H,10-13H2,1H3,(H,23,27)(H,24,28)(H,25,30)/t19-/m1/s1. The van der Waals surface area contributed by atoms with Crippen molar-refractivity contribution in [3.8, 4) is 0 Å². The molecule has 1 saturated heterocycles. The van der Waals surface area contributed by atoms with Crippen molar-refractivity contribution in [2.45, 2.75) is 32.2 Å². The SMILES string of the molecule is CC(=O)Nc1cccc(NC(=O)CC[C@H]2NC(=O)N(CCc3ccccc3)C2=O)c1. The average Bonchev–Trinajstić information content (AvgIpc) is 2.98. The Morgan fingerprint density at radius 2 is 1.70 bits per heavy atom. The number of amides is 5. The molecule has 1 fully saturated rings. The van der Waals surface area contributed by atoms with Gasteiger partial charge in [0.25, 0.3) is 5.91 Å². The second kappa shape index (κ2) is 9.69. The van der Waals surface area contributed by atoms with E-state index in [-0.39, 0.29) is 30.6 Å². The van der Waals surface area contributed by atoms with Crippen molar-refractivity contribution in [2.75, 3.05) is 17.2 Å². The first-order valence-electron chi connectivity index (χ1n) is 9.75. The molecule has 1 atom stereocenters. The molecule has 3 N–H and O–H groups in total. The maximum Gasteiger partial charge on any atom is 0.324 e. The summed E-state index contributed by atoms with van der Waals surface area (Å²) in [4.78, 5) is 49.2. The summed E-state index contributed by atoms with van der Waals surface area (Å²) in [6.45, 7) is 1.70. The lowest BCUT2D eigenvalue weighted by atomic mass is 10.1. The first kappa shape index (κ1) is 21.0. The van der Waals surface area contributed by atoms with Gasteiger partial charge < -0.3 is 16.0 Å². The number of anilines is 2. The van der Waals surface area contributed by atoms with Gasteiger partial charge in [-0.05, 0) is 36.6 Å². The summed E-state index contributed by atoms with van der Waals surface area (Å²) >= 11 is 0. The van der Waals surface area contributed by atoms with E-state index in [1.54, 1.807) is 24.3 Å². The van der Waals surface area contributed by atoms with Crippen molar-refractivity contribution in [1.29, 1.82) is 0 Å². The van der Waals surface area contributed by atoms with Crippen LogP contribution in [0.5, 0.6) is 0 Å². The quantitative estimate of drug-likeness (QED) is 0.583. The fourth-order valence-corrected chi connectivity index (χ4v) is 3.25. The van der Waals surface area contributed by atoms with Crippen molar-refractivity contribution < 1.29 is 19.2 Å². The second-order valence-corrected chi connectivity index (χ2v) is 7.08. The molecule has 0 aliphatic carbocycles. The number of carbonyl (C=O) groups excluding carboxylic acids is 4. The Balaban J connectivity index is 1.48. The molecule has 5 amide bonds. The molecule has 1 aliphatic rings. The third-order valence-corrected chi connectivity index (χ3v) is 4.70. The maximum absolute atomic E-state index is 12.5. The van der Waals surface area contributed by atoms with E-state index >= 15 is 0 Å². The zero-order valence-corrected chi connectivity index (χ0v) is 16.7. The van der Waals surface area contributed by atoms with Gasteiger partial charge in [0.15, 0.2) is 0 Å². The van der Waals surface area contributed by atoms with Gasteiger partial charge in [-0.25, -0.2) is 4.79 Å². The number of hydrogen-bond donors (Lipinski definition) is 3. The van der Waals surface area contributed by atoms with Crippen molar-refractivity contribution >= 4 is 35.1 Å². The predicted molar refractivity (Wildman–Crippen MR) is 113 cm³/mol. The molecule has 1 heterocycles. The molecule has 1 aliphatic heterocycles. The minimum absolute atomic E-state index is 0.0770. The van der Waals surface area contributed by atoms with Crippen LogP contribution in [0.1, 0.15) is 25.3 Å². The van der Waals surface area contributed by atoms with Gasteiger partial charge in [0.1, 0.15) is 6.04 Å². The Bertz CT molecular complexity index is 945. The molecule has 2 aromatic carbocycles. The normalized spacial score (nSPS) is 15.6. The van der Waals surface area contributed by atoms with Crippen LogP contribution in [0.15, 0.2) is 54.6 Å². The van der Waals surface area contributed by atoms with Crippen molar-refractivity contribution in [3.63, 3.8) is 0 Å². The Hall–Kier alpha value is -3.68. The zero-order chi connectivity index (χ0) is 21.5. The third-order valence-electron chi connectivity index (χ3n) is 4.70. The van der Waals surface area contributed by atoms with E-state index < -0.39 is 12.1 Å². The van der Waals surface area contributed by atoms with Gasteiger partial charge in [0.2, 0.25) is 11.8 Å². The van der Waals surface area contributed by atoms with E-state index in [0.717, 1.165) is 5.56 Å². The van der Waals surface area contributed by atoms with Gasteiger partial charge in [0, 0.05) is 31.3 Å². The Labute approximate surface area is 174 Å². The first-order valence-corrected chi connectivity index (χ1v) is 9.75. The van der Waals surface area contributed by atoms with E-state index in [4.69, 9.17) is 0 Å². The second-order valence-electron chi connectivity index (χ2n) is 7.08. The first-order chi connectivity index (χ1) is 14.4. The molecular formula is C22H24N4O4. The molecule has 156 valence electrons. The van der Waals surface area contributed by atoms with Gasteiger partial charge in [-0.2, -0.15) is 0 Å². The lowest BCUT2D eigenvalue weighted by Crippen LogP contribution is -2.33. The van der Waals surface area contributed by atoms with E-state index in [2.05, 4.69) is 16.0 Å². The monoisotopic (exact) mass is 408 g/mol. The molecule has 0 aromatic heterocycles. The average molecular weight is 408 g/mol. The molecule has 0 unspecified atom stereocenters. The highest BCUT2D eigenvalue weighted by atomic mass is 16.2. The van der Waals surface area contributed by atoms with Crippen LogP contribution in [0.2, 0.25) is 0 Å². The number of rotatable bonds is 8. The summed E-state index contributed by atoms with van der Waals surface area (Å²) in [6.07, 6.45) is 0.870. The van der Waals surface area contributed by atoms with Crippen molar-refractivity contribution in [1.82, 2.24) is 10.2 Å². The van der Waals surface area contributed by atoms with E-state index in [1.165, 1.54) is 11.8 Å². The van der Waals surface area contributed by atoms with Crippen LogP contribution in [0.4, 0.5) is 16.2 Å². The number of benzene rings is 2. The summed E-state index contributed by atoms with van der Waals surface area (Å²) in [7, 11) is 0. The molecule has 30 heavy (non-hydrogen) atoms. The maximum atomic E-state index is 12.5. The molecule has 0 spiro atoms. The summed E-state index contributed by atoms with van der Waals surface area (Å²) in [5.41, 5.74) is 2.16. The third kappa shape index (κ3) is 5.66. The highest BCUT2D eigenvalue weighted by molar-refractivity contribution is 6.04. The van der Waals surface area contributed by atoms with Crippen LogP contribution in [-0.4, -0.2) is 41.2 Å². The molecule has 8 nitrogen and oxygen atoms in total. The molecule has 2 aromatic rings. The number of nitrogens with zero attached hydrogens (tertiary/aromatic N) is 1. The minimum atomic E-state index is -0.704. The van der Waals surface area contributed by atoms with Gasteiger partial charge in [-0.1, -0.05) is 36.4 Å². The number of urea groups is 1. The predicted octanol–water partition coefficient (Wildman–Crippen LogP) is 2.53. The molecule has 0 saturated carbocycles. The van der Waals surface area contributed by atoms with Crippen LogP contribution >= 0.6 is 0 Å². The summed E-state index contributed by atoms with van der Waals surface area (Å²) in [5.74, 6) is -0.790.